The molecule has 2 aromatic carbocycles. The molecule has 0 spiro atoms. The lowest BCUT2D eigenvalue weighted by Gasteiger charge is -2.13. The molecule has 1 aliphatic rings. The molecule has 3 heterocycles. The van der Waals surface area contributed by atoms with Crippen LogP contribution in [0, 0.1) is 20.8 Å². The molecule has 0 bridgehead atoms. The molecule has 0 saturated heterocycles. The van der Waals surface area contributed by atoms with Crippen molar-refractivity contribution in [1.82, 2.24) is 14.5 Å². The number of aryl methyl sites for hydroxylation is 5. The summed E-state index contributed by atoms with van der Waals surface area (Å²) in [6.45, 7) is 11.2. The molecule has 4 aromatic rings. The Morgan fingerprint density at radius 3 is 2.47 bits per heavy atom. The van der Waals surface area contributed by atoms with Crippen LogP contribution in [-0.2, 0) is 25.8 Å². The van der Waals surface area contributed by atoms with E-state index in [9.17, 15) is 0 Å². The van der Waals surface area contributed by atoms with Gasteiger partial charge in [-0.3, -0.25) is 0 Å². The Labute approximate surface area is 178 Å². The number of nitrogens with one attached hydrogen (secondary N) is 1. The van der Waals surface area contributed by atoms with E-state index >= 15 is 0 Å². The number of hydrogen-bond donors (Lipinski definition) is 1. The third-order valence-electron chi connectivity index (χ3n) is 6.03. The summed E-state index contributed by atoms with van der Waals surface area (Å²) in [5.74, 6) is 1.09. The van der Waals surface area contributed by atoms with Crippen LogP contribution in [0.2, 0.25) is 0 Å². The van der Waals surface area contributed by atoms with Gasteiger partial charge >= 0.3 is 0 Å². The molecule has 4 nitrogen and oxygen atoms in total. The van der Waals surface area contributed by atoms with Crippen LogP contribution in [0.3, 0.4) is 0 Å². The van der Waals surface area contributed by atoms with Crippen molar-refractivity contribution in [1.29, 1.82) is 0 Å². The molecular formula is C26H27N4. The number of aromatic nitrogens is 3. The first-order chi connectivity index (χ1) is 14.5. The first-order valence-corrected chi connectivity index (χ1v) is 10.7. The fourth-order valence-corrected chi connectivity index (χ4v) is 4.53. The van der Waals surface area contributed by atoms with Crippen LogP contribution in [0.5, 0.6) is 0 Å². The van der Waals surface area contributed by atoms with E-state index in [1.54, 1.807) is 0 Å². The van der Waals surface area contributed by atoms with E-state index in [0.717, 1.165) is 54.1 Å². The predicted octanol–water partition coefficient (Wildman–Crippen LogP) is 5.68. The lowest BCUT2D eigenvalue weighted by Crippen LogP contribution is -2.06. The number of hydrogen-bond acceptors (Lipinski definition) is 3. The van der Waals surface area contributed by atoms with Gasteiger partial charge < -0.3 is 9.88 Å². The van der Waals surface area contributed by atoms with Crippen molar-refractivity contribution in [3.8, 4) is 0 Å². The topological polar surface area (TPSA) is 42.7 Å². The average Bonchev–Trinajstić information content (AvgIpc) is 2.96. The summed E-state index contributed by atoms with van der Waals surface area (Å²) < 4.78 is 2.28. The highest BCUT2D eigenvalue weighted by Gasteiger charge is 2.16. The second-order valence-corrected chi connectivity index (χ2v) is 8.33. The minimum absolute atomic E-state index is 0.790. The van der Waals surface area contributed by atoms with Crippen LogP contribution in [0.1, 0.15) is 46.3 Å². The predicted molar refractivity (Wildman–Crippen MR) is 124 cm³/mol. The average molecular weight is 396 g/mol. The van der Waals surface area contributed by atoms with Crippen molar-refractivity contribution >= 4 is 22.5 Å². The second kappa shape index (κ2) is 7.28. The largest absolute Gasteiger partial charge is 0.355 e. The maximum absolute atomic E-state index is 4.89. The Morgan fingerprint density at radius 1 is 0.967 bits per heavy atom. The van der Waals surface area contributed by atoms with Crippen LogP contribution in [0.15, 0.2) is 42.5 Å². The first-order valence-electron chi connectivity index (χ1n) is 10.7. The van der Waals surface area contributed by atoms with E-state index < -0.39 is 0 Å². The highest BCUT2D eigenvalue weighted by atomic mass is 15.1. The van der Waals surface area contributed by atoms with Crippen molar-refractivity contribution in [2.75, 3.05) is 5.32 Å². The van der Waals surface area contributed by atoms with Gasteiger partial charge in [0.1, 0.15) is 11.3 Å². The summed E-state index contributed by atoms with van der Waals surface area (Å²) in [6.07, 6.45) is 2.94. The molecule has 1 aliphatic heterocycles. The number of pyridine rings is 1. The van der Waals surface area contributed by atoms with Crippen LogP contribution in [0.25, 0.3) is 11.2 Å². The van der Waals surface area contributed by atoms with Crippen LogP contribution >= 0.6 is 0 Å². The SMILES string of the molecule is [CH2]c1ccc2c(c1)CCc1cc(Cn3c(CC)nc4c(C)cc(C)nc43)ccc1N2. The Morgan fingerprint density at radius 2 is 1.70 bits per heavy atom. The van der Waals surface area contributed by atoms with Gasteiger partial charge in [0, 0.05) is 23.5 Å². The third kappa shape index (κ3) is 3.26. The van der Waals surface area contributed by atoms with Gasteiger partial charge in [-0.1, -0.05) is 31.2 Å². The maximum atomic E-state index is 4.89. The zero-order valence-electron chi connectivity index (χ0n) is 17.9. The quantitative estimate of drug-likeness (QED) is 0.485. The van der Waals surface area contributed by atoms with E-state index in [2.05, 4.69) is 80.0 Å². The molecule has 30 heavy (non-hydrogen) atoms. The minimum atomic E-state index is 0.790. The lowest BCUT2D eigenvalue weighted by molar-refractivity contribution is 0.744. The highest BCUT2D eigenvalue weighted by molar-refractivity contribution is 5.76. The van der Waals surface area contributed by atoms with Crippen LogP contribution < -0.4 is 5.32 Å². The summed E-state index contributed by atoms with van der Waals surface area (Å²) in [6, 6.07) is 15.3. The van der Waals surface area contributed by atoms with Crippen molar-refractivity contribution in [2.45, 2.75) is 46.6 Å². The van der Waals surface area contributed by atoms with Gasteiger partial charge in [0.15, 0.2) is 5.65 Å². The number of anilines is 2. The van der Waals surface area contributed by atoms with Gasteiger partial charge in [0.2, 0.25) is 0 Å². The summed E-state index contributed by atoms with van der Waals surface area (Å²) in [7, 11) is 0. The molecule has 2 aromatic heterocycles. The summed E-state index contributed by atoms with van der Waals surface area (Å²) in [4.78, 5) is 9.71. The summed E-state index contributed by atoms with van der Waals surface area (Å²) >= 11 is 0. The standard InChI is InChI=1S/C26H27N4/c1-5-24-29-25-17(3)13-18(4)27-26(25)30(24)15-19-7-11-23-21(14-19)9-8-20-12-16(2)6-10-22(20)28-23/h6-7,10-14,28H,2,5,8-9,15H2,1,3-4H3. The van der Waals surface area contributed by atoms with E-state index in [0.29, 0.717) is 0 Å². The maximum Gasteiger partial charge on any atom is 0.160 e. The van der Waals surface area contributed by atoms with Crippen LogP contribution in [0.4, 0.5) is 11.4 Å². The second-order valence-electron chi connectivity index (χ2n) is 8.33. The van der Waals surface area contributed by atoms with Crippen LogP contribution in [-0.4, -0.2) is 14.5 Å². The van der Waals surface area contributed by atoms with E-state index in [4.69, 9.17) is 9.97 Å². The monoisotopic (exact) mass is 395 g/mol. The smallest absolute Gasteiger partial charge is 0.160 e. The normalized spacial score (nSPS) is 12.9. The van der Waals surface area contributed by atoms with Crippen molar-refractivity contribution in [3.05, 3.63) is 88.7 Å². The Hall–Kier alpha value is -3.14. The number of fused-ring (bicyclic) bond motifs is 3. The number of rotatable bonds is 3. The van der Waals surface area contributed by atoms with Gasteiger partial charge in [0.05, 0.1) is 6.54 Å². The van der Waals surface area contributed by atoms with Crippen molar-refractivity contribution < 1.29 is 0 Å². The third-order valence-corrected chi connectivity index (χ3v) is 6.03. The molecule has 0 saturated carbocycles. The zero-order chi connectivity index (χ0) is 20.8. The molecule has 1 N–H and O–H groups in total. The molecule has 0 amide bonds. The number of benzene rings is 2. The molecule has 0 aliphatic carbocycles. The summed E-state index contributed by atoms with van der Waals surface area (Å²) in [5.41, 5.74) is 11.7. The first kappa shape index (κ1) is 18.9. The molecule has 5 rings (SSSR count). The molecule has 0 unspecified atom stereocenters. The Bertz CT molecular complexity index is 1270. The van der Waals surface area contributed by atoms with Crippen molar-refractivity contribution in [2.24, 2.45) is 0 Å². The van der Waals surface area contributed by atoms with Gasteiger partial charge in [-0.2, -0.15) is 0 Å². The van der Waals surface area contributed by atoms with E-state index in [1.807, 2.05) is 0 Å². The number of nitrogens with zero attached hydrogens (tertiary/aromatic N) is 3. The van der Waals surface area contributed by atoms with E-state index in [-0.39, 0.29) is 0 Å². The molecule has 0 fully saturated rings. The zero-order valence-corrected chi connectivity index (χ0v) is 17.9. The lowest BCUT2D eigenvalue weighted by atomic mass is 10.0. The van der Waals surface area contributed by atoms with E-state index in [1.165, 1.54) is 33.6 Å². The Balaban J connectivity index is 1.51. The fourth-order valence-electron chi connectivity index (χ4n) is 4.53. The molecule has 151 valence electrons. The summed E-state index contributed by atoms with van der Waals surface area (Å²) in [5, 5.41) is 3.62. The van der Waals surface area contributed by atoms with Gasteiger partial charge in [-0.25, -0.2) is 9.97 Å². The molecule has 4 heteroatoms. The molecular weight excluding hydrogens is 368 g/mol. The minimum Gasteiger partial charge on any atom is -0.355 e. The highest BCUT2D eigenvalue weighted by Crippen LogP contribution is 2.31. The van der Waals surface area contributed by atoms with Gasteiger partial charge in [-0.15, -0.1) is 0 Å². The molecule has 0 atom stereocenters. The number of imidazole rings is 1. The van der Waals surface area contributed by atoms with Gasteiger partial charge in [-0.05, 0) is 79.6 Å². The molecule has 1 radical (unpaired) electrons. The van der Waals surface area contributed by atoms with Crippen molar-refractivity contribution in [3.63, 3.8) is 0 Å². The fraction of sp³-hybridized carbons (Fsp3) is 0.269. The Kier molecular flexibility index (Phi) is 4.58. The van der Waals surface area contributed by atoms with Gasteiger partial charge in [0.25, 0.3) is 0 Å².